The van der Waals surface area contributed by atoms with Gasteiger partial charge in [-0.25, -0.2) is 4.98 Å². The molecule has 1 amide bonds. The van der Waals surface area contributed by atoms with Gasteiger partial charge in [-0.05, 0) is 30.4 Å². The number of hydrogen-bond donors (Lipinski definition) is 0. The molecule has 0 N–H and O–H groups in total. The lowest BCUT2D eigenvalue weighted by Crippen LogP contribution is -2.40. The van der Waals surface area contributed by atoms with Gasteiger partial charge in [0.1, 0.15) is 5.69 Å². The van der Waals surface area contributed by atoms with Gasteiger partial charge in [-0.3, -0.25) is 9.78 Å². The third-order valence-electron chi connectivity index (χ3n) is 5.14. The van der Waals surface area contributed by atoms with Crippen LogP contribution in [0.1, 0.15) is 16.9 Å². The van der Waals surface area contributed by atoms with Crippen molar-refractivity contribution in [1.82, 2.24) is 19.4 Å². The molecule has 6 nitrogen and oxygen atoms in total. The predicted molar refractivity (Wildman–Crippen MR) is 87.2 cm³/mol. The Balaban J connectivity index is 1.46. The van der Waals surface area contributed by atoms with Crippen molar-refractivity contribution < 1.29 is 4.79 Å². The molecule has 120 valence electrons. The molecule has 2 aromatic heterocycles. The average Bonchev–Trinajstić information content (AvgIpc) is 3.20. The number of likely N-dealkylation sites (tertiary alicyclic amines) is 1. The number of anilines is 1. The first kappa shape index (κ1) is 14.2. The first-order chi connectivity index (χ1) is 11.2. The summed E-state index contributed by atoms with van der Waals surface area (Å²) >= 11 is 0. The molecule has 2 aliphatic heterocycles. The van der Waals surface area contributed by atoms with E-state index in [1.54, 1.807) is 23.3 Å². The van der Waals surface area contributed by atoms with Crippen molar-refractivity contribution in [3.8, 4) is 0 Å². The number of pyridine rings is 1. The molecule has 2 aliphatic rings. The van der Waals surface area contributed by atoms with Crippen LogP contribution in [0, 0.1) is 11.8 Å². The molecule has 2 saturated heterocycles. The van der Waals surface area contributed by atoms with Crippen LogP contribution in [-0.2, 0) is 7.05 Å². The molecule has 2 aromatic rings. The minimum absolute atomic E-state index is 0.104. The summed E-state index contributed by atoms with van der Waals surface area (Å²) in [5.74, 6) is 1.26. The van der Waals surface area contributed by atoms with Gasteiger partial charge in [0, 0.05) is 39.4 Å². The van der Waals surface area contributed by atoms with E-state index in [2.05, 4.69) is 20.9 Å². The van der Waals surface area contributed by atoms with E-state index in [0.29, 0.717) is 17.5 Å². The summed E-state index contributed by atoms with van der Waals surface area (Å²) < 4.78 is 1.80. The summed E-state index contributed by atoms with van der Waals surface area (Å²) in [4.78, 5) is 25.3. The van der Waals surface area contributed by atoms with Crippen molar-refractivity contribution in [2.75, 3.05) is 31.1 Å². The van der Waals surface area contributed by atoms with Gasteiger partial charge >= 0.3 is 0 Å². The summed E-state index contributed by atoms with van der Waals surface area (Å²) in [5.41, 5.74) is 1.86. The van der Waals surface area contributed by atoms with Gasteiger partial charge in [-0.2, -0.15) is 0 Å². The van der Waals surface area contributed by atoms with Gasteiger partial charge in [-0.15, -0.1) is 0 Å². The first-order valence-corrected chi connectivity index (χ1v) is 8.13. The number of nitrogens with zero attached hydrogens (tertiary/aromatic N) is 5. The Morgan fingerprint density at radius 3 is 2.78 bits per heavy atom. The highest BCUT2D eigenvalue weighted by Crippen LogP contribution is 2.33. The molecule has 4 rings (SSSR count). The third-order valence-corrected chi connectivity index (χ3v) is 5.14. The molecule has 23 heavy (non-hydrogen) atoms. The molecule has 0 unspecified atom stereocenters. The number of aryl methyl sites for hydroxylation is 1. The summed E-state index contributed by atoms with van der Waals surface area (Å²) in [6.07, 6.45) is 8.20. The summed E-state index contributed by atoms with van der Waals surface area (Å²) in [6, 6.07) is 4.09. The van der Waals surface area contributed by atoms with Crippen molar-refractivity contribution in [3.63, 3.8) is 0 Å². The van der Waals surface area contributed by atoms with Crippen LogP contribution in [0.3, 0.4) is 0 Å². The van der Waals surface area contributed by atoms with E-state index in [1.807, 2.05) is 24.2 Å². The van der Waals surface area contributed by atoms with E-state index < -0.39 is 0 Å². The molecule has 0 aliphatic carbocycles. The Kier molecular flexibility index (Phi) is 3.52. The number of carbonyl (C=O) groups excluding carboxylic acids is 1. The highest BCUT2D eigenvalue weighted by atomic mass is 16.2. The molecule has 2 fully saturated rings. The van der Waals surface area contributed by atoms with E-state index in [0.717, 1.165) is 32.6 Å². The monoisotopic (exact) mass is 311 g/mol. The van der Waals surface area contributed by atoms with Crippen molar-refractivity contribution in [2.24, 2.45) is 18.9 Å². The maximum Gasteiger partial charge on any atom is 0.272 e. The maximum absolute atomic E-state index is 12.7. The standard InChI is InChI=1S/C17H21N5O/c1-20-12-19-8-16(20)17(23)22-9-13-4-6-21(10-14(13)11-22)15-3-2-5-18-7-15/h2-3,5,7-8,12-14H,4,6,9-11H2,1H3/t13-,14+/m1/s1. The Morgan fingerprint density at radius 2 is 2.04 bits per heavy atom. The lowest BCUT2D eigenvalue weighted by Gasteiger charge is -2.35. The second-order valence-corrected chi connectivity index (χ2v) is 6.57. The van der Waals surface area contributed by atoms with Crippen LogP contribution in [-0.4, -0.2) is 51.5 Å². The molecular weight excluding hydrogens is 290 g/mol. The van der Waals surface area contributed by atoms with Gasteiger partial charge in [-0.1, -0.05) is 0 Å². The molecule has 6 heteroatoms. The van der Waals surface area contributed by atoms with Gasteiger partial charge in [0.25, 0.3) is 5.91 Å². The molecule has 4 heterocycles. The Hall–Kier alpha value is -2.37. The topological polar surface area (TPSA) is 54.3 Å². The van der Waals surface area contributed by atoms with Crippen molar-refractivity contribution >= 4 is 11.6 Å². The number of hydrogen-bond acceptors (Lipinski definition) is 4. The second-order valence-electron chi connectivity index (χ2n) is 6.57. The molecule has 0 radical (unpaired) electrons. The highest BCUT2D eigenvalue weighted by Gasteiger charge is 2.39. The molecule has 0 saturated carbocycles. The fourth-order valence-corrected chi connectivity index (χ4v) is 3.84. The zero-order valence-corrected chi connectivity index (χ0v) is 13.3. The number of fused-ring (bicyclic) bond motifs is 1. The zero-order chi connectivity index (χ0) is 15.8. The average molecular weight is 311 g/mol. The summed E-state index contributed by atoms with van der Waals surface area (Å²) in [7, 11) is 1.87. The molecule has 0 aromatic carbocycles. The third kappa shape index (κ3) is 2.58. The fourth-order valence-electron chi connectivity index (χ4n) is 3.84. The minimum Gasteiger partial charge on any atom is -0.370 e. The minimum atomic E-state index is 0.104. The van der Waals surface area contributed by atoms with Crippen LogP contribution in [0.5, 0.6) is 0 Å². The Morgan fingerprint density at radius 1 is 1.17 bits per heavy atom. The first-order valence-electron chi connectivity index (χ1n) is 8.13. The predicted octanol–water partition coefficient (Wildman–Crippen LogP) is 1.41. The van der Waals surface area contributed by atoms with E-state index in [9.17, 15) is 4.79 Å². The summed E-state index contributed by atoms with van der Waals surface area (Å²) in [5, 5.41) is 0. The van der Waals surface area contributed by atoms with Crippen LogP contribution in [0.2, 0.25) is 0 Å². The number of amides is 1. The van der Waals surface area contributed by atoms with Crippen LogP contribution < -0.4 is 4.90 Å². The van der Waals surface area contributed by atoms with Crippen molar-refractivity contribution in [1.29, 1.82) is 0 Å². The van der Waals surface area contributed by atoms with E-state index in [4.69, 9.17) is 0 Å². The van der Waals surface area contributed by atoms with E-state index in [1.165, 1.54) is 5.69 Å². The number of carbonyl (C=O) groups is 1. The van der Waals surface area contributed by atoms with E-state index >= 15 is 0 Å². The maximum atomic E-state index is 12.7. The summed E-state index contributed by atoms with van der Waals surface area (Å²) in [6.45, 7) is 3.76. The van der Waals surface area contributed by atoms with Crippen molar-refractivity contribution in [3.05, 3.63) is 42.7 Å². The number of aromatic nitrogens is 3. The number of imidazole rings is 1. The molecule has 0 spiro atoms. The largest absolute Gasteiger partial charge is 0.370 e. The van der Waals surface area contributed by atoms with Gasteiger partial charge in [0.2, 0.25) is 0 Å². The Bertz CT molecular complexity index is 698. The van der Waals surface area contributed by atoms with Crippen molar-refractivity contribution in [2.45, 2.75) is 6.42 Å². The second kappa shape index (κ2) is 5.68. The van der Waals surface area contributed by atoms with Crippen LogP contribution in [0.4, 0.5) is 5.69 Å². The zero-order valence-electron chi connectivity index (χ0n) is 13.3. The normalized spacial score (nSPS) is 23.9. The lowest BCUT2D eigenvalue weighted by molar-refractivity contribution is 0.0775. The van der Waals surface area contributed by atoms with Crippen LogP contribution in [0.25, 0.3) is 0 Å². The smallest absolute Gasteiger partial charge is 0.272 e. The number of rotatable bonds is 2. The van der Waals surface area contributed by atoms with E-state index in [-0.39, 0.29) is 5.91 Å². The molecular formula is C17H21N5O. The fraction of sp³-hybridized carbons (Fsp3) is 0.471. The van der Waals surface area contributed by atoms with Crippen LogP contribution in [0.15, 0.2) is 37.1 Å². The van der Waals surface area contributed by atoms with Crippen LogP contribution >= 0.6 is 0 Å². The lowest BCUT2D eigenvalue weighted by atomic mass is 9.88. The van der Waals surface area contributed by atoms with Gasteiger partial charge < -0.3 is 14.4 Å². The Labute approximate surface area is 135 Å². The number of piperidine rings is 1. The molecule has 0 bridgehead atoms. The van der Waals surface area contributed by atoms with Gasteiger partial charge in [0.15, 0.2) is 0 Å². The van der Waals surface area contributed by atoms with Gasteiger partial charge in [0.05, 0.1) is 24.4 Å². The molecule has 2 atom stereocenters. The highest BCUT2D eigenvalue weighted by molar-refractivity contribution is 5.92. The SMILES string of the molecule is Cn1cncc1C(=O)N1C[C@H]2CCN(c3cccnc3)C[C@H]2C1. The quantitative estimate of drug-likeness (QED) is 0.841.